The van der Waals surface area contributed by atoms with Crippen LogP contribution in [0.15, 0.2) is 24.8 Å². The highest BCUT2D eigenvalue weighted by molar-refractivity contribution is 5.81. The lowest BCUT2D eigenvalue weighted by Crippen LogP contribution is -2.21. The molecular weight excluding hydrogens is 220 g/mol. The van der Waals surface area contributed by atoms with Gasteiger partial charge in [0.1, 0.15) is 0 Å². The Morgan fingerprint density at radius 3 is 2.82 bits per heavy atom. The van der Waals surface area contributed by atoms with Gasteiger partial charge in [-0.25, -0.2) is 4.79 Å². The highest BCUT2D eigenvalue weighted by atomic mass is 16.5. The fourth-order valence-corrected chi connectivity index (χ4v) is 1.17. The Kier molecular flexibility index (Phi) is 9.38. The van der Waals surface area contributed by atoms with Gasteiger partial charge in [-0.2, -0.15) is 0 Å². The summed E-state index contributed by atoms with van der Waals surface area (Å²) in [7, 11) is 0. The zero-order valence-electron chi connectivity index (χ0n) is 10.6. The number of ether oxygens (including phenoxy) is 2. The second-order valence-corrected chi connectivity index (χ2v) is 3.76. The summed E-state index contributed by atoms with van der Waals surface area (Å²) in [5.74, 6) is -0.364. The minimum Gasteiger partial charge on any atom is -0.463 e. The predicted molar refractivity (Wildman–Crippen MR) is 66.6 cm³/mol. The Hall–Kier alpha value is -1.13. The molecule has 0 saturated heterocycles. The second kappa shape index (κ2) is 10.1. The SMILES string of the molecule is C=CCOC[C@@H](C)[C@@H](O)C/C=C/C(=O)OCC. The number of esters is 1. The molecule has 0 aliphatic carbocycles. The quantitative estimate of drug-likeness (QED) is 0.289. The van der Waals surface area contributed by atoms with Crippen molar-refractivity contribution >= 4 is 5.97 Å². The molecule has 0 aromatic heterocycles. The molecule has 4 nitrogen and oxygen atoms in total. The molecule has 4 heteroatoms. The van der Waals surface area contributed by atoms with E-state index < -0.39 is 6.10 Å². The van der Waals surface area contributed by atoms with Gasteiger partial charge >= 0.3 is 5.97 Å². The van der Waals surface area contributed by atoms with Crippen LogP contribution in [0.5, 0.6) is 0 Å². The van der Waals surface area contributed by atoms with Crippen molar-refractivity contribution in [3.05, 3.63) is 24.8 Å². The third-order valence-corrected chi connectivity index (χ3v) is 2.19. The lowest BCUT2D eigenvalue weighted by Gasteiger charge is -2.16. The van der Waals surface area contributed by atoms with Crippen LogP contribution in [0.4, 0.5) is 0 Å². The summed E-state index contributed by atoms with van der Waals surface area (Å²) in [5.41, 5.74) is 0. The molecule has 98 valence electrons. The third kappa shape index (κ3) is 8.65. The first-order valence-corrected chi connectivity index (χ1v) is 5.81. The van der Waals surface area contributed by atoms with Crippen LogP contribution in [-0.4, -0.2) is 37.0 Å². The summed E-state index contributed by atoms with van der Waals surface area (Å²) in [4.78, 5) is 11.0. The van der Waals surface area contributed by atoms with Crippen molar-refractivity contribution in [2.24, 2.45) is 5.92 Å². The largest absolute Gasteiger partial charge is 0.463 e. The number of aliphatic hydroxyl groups is 1. The van der Waals surface area contributed by atoms with Crippen LogP contribution in [0.2, 0.25) is 0 Å². The van der Waals surface area contributed by atoms with E-state index >= 15 is 0 Å². The van der Waals surface area contributed by atoms with E-state index in [1.165, 1.54) is 6.08 Å². The van der Waals surface area contributed by atoms with E-state index in [2.05, 4.69) is 6.58 Å². The van der Waals surface area contributed by atoms with Crippen LogP contribution < -0.4 is 0 Å². The fourth-order valence-electron chi connectivity index (χ4n) is 1.17. The molecule has 0 radical (unpaired) electrons. The molecule has 0 rings (SSSR count). The van der Waals surface area contributed by atoms with Crippen molar-refractivity contribution in [2.45, 2.75) is 26.4 Å². The molecule has 1 N–H and O–H groups in total. The maximum atomic E-state index is 11.0. The average molecular weight is 242 g/mol. The van der Waals surface area contributed by atoms with Gasteiger partial charge in [-0.3, -0.25) is 0 Å². The number of carbonyl (C=O) groups excluding carboxylic acids is 1. The molecule has 0 aliphatic rings. The van der Waals surface area contributed by atoms with Crippen molar-refractivity contribution in [3.63, 3.8) is 0 Å². The number of hydrogen-bond acceptors (Lipinski definition) is 4. The molecular formula is C13H22O4. The first-order chi connectivity index (χ1) is 8.11. The third-order valence-electron chi connectivity index (χ3n) is 2.19. The Labute approximate surface area is 103 Å². The molecule has 0 fully saturated rings. The van der Waals surface area contributed by atoms with Gasteiger partial charge in [0.05, 0.1) is 25.9 Å². The van der Waals surface area contributed by atoms with Gasteiger partial charge in [0.15, 0.2) is 0 Å². The van der Waals surface area contributed by atoms with Crippen LogP contribution >= 0.6 is 0 Å². The highest BCUT2D eigenvalue weighted by Crippen LogP contribution is 2.08. The van der Waals surface area contributed by atoms with Crippen LogP contribution in [0.1, 0.15) is 20.3 Å². The average Bonchev–Trinajstić information content (AvgIpc) is 2.29. The Morgan fingerprint density at radius 2 is 2.24 bits per heavy atom. The van der Waals surface area contributed by atoms with Crippen LogP contribution in [0.25, 0.3) is 0 Å². The predicted octanol–water partition coefficient (Wildman–Crippen LogP) is 1.70. The zero-order chi connectivity index (χ0) is 13.1. The number of aliphatic hydroxyl groups excluding tert-OH is 1. The van der Waals surface area contributed by atoms with E-state index in [-0.39, 0.29) is 11.9 Å². The van der Waals surface area contributed by atoms with Gasteiger partial charge in [0, 0.05) is 12.0 Å². The van der Waals surface area contributed by atoms with Gasteiger partial charge < -0.3 is 14.6 Å². The maximum absolute atomic E-state index is 11.0. The van der Waals surface area contributed by atoms with Gasteiger partial charge in [-0.15, -0.1) is 6.58 Å². The first-order valence-electron chi connectivity index (χ1n) is 5.81. The molecule has 0 heterocycles. The molecule has 0 aliphatic heterocycles. The van der Waals surface area contributed by atoms with Gasteiger partial charge in [-0.05, 0) is 13.3 Å². The van der Waals surface area contributed by atoms with Crippen molar-refractivity contribution in [3.8, 4) is 0 Å². The van der Waals surface area contributed by atoms with Crippen molar-refractivity contribution in [1.29, 1.82) is 0 Å². The second-order valence-electron chi connectivity index (χ2n) is 3.76. The smallest absolute Gasteiger partial charge is 0.330 e. The lowest BCUT2D eigenvalue weighted by atomic mass is 10.0. The van der Waals surface area contributed by atoms with E-state index in [0.717, 1.165) is 0 Å². The van der Waals surface area contributed by atoms with Crippen molar-refractivity contribution < 1.29 is 19.4 Å². The Morgan fingerprint density at radius 1 is 1.53 bits per heavy atom. The summed E-state index contributed by atoms with van der Waals surface area (Å²) < 4.78 is 9.96. The Bertz CT molecular complexity index is 248. The summed E-state index contributed by atoms with van der Waals surface area (Å²) >= 11 is 0. The molecule has 17 heavy (non-hydrogen) atoms. The molecule has 0 bridgehead atoms. The summed E-state index contributed by atoms with van der Waals surface area (Å²) in [6.45, 7) is 8.50. The summed E-state index contributed by atoms with van der Waals surface area (Å²) in [5, 5.41) is 9.75. The molecule has 0 spiro atoms. The Balaban J connectivity index is 3.79. The molecule has 0 aromatic carbocycles. The molecule has 0 aromatic rings. The zero-order valence-corrected chi connectivity index (χ0v) is 10.6. The van der Waals surface area contributed by atoms with E-state index in [1.807, 2.05) is 6.92 Å². The van der Waals surface area contributed by atoms with E-state index in [0.29, 0.717) is 26.2 Å². The molecule has 0 unspecified atom stereocenters. The first kappa shape index (κ1) is 15.9. The number of hydrogen-bond donors (Lipinski definition) is 1. The maximum Gasteiger partial charge on any atom is 0.330 e. The van der Waals surface area contributed by atoms with Crippen molar-refractivity contribution in [1.82, 2.24) is 0 Å². The summed E-state index contributed by atoms with van der Waals surface area (Å²) in [6, 6.07) is 0. The standard InChI is InChI=1S/C13H22O4/c1-4-9-16-10-11(3)12(14)7-6-8-13(15)17-5-2/h4,6,8,11-12,14H,1,5,7,9-10H2,2-3H3/b8-6+/t11-,12+/m1/s1. The van der Waals surface area contributed by atoms with E-state index in [9.17, 15) is 9.90 Å². The lowest BCUT2D eigenvalue weighted by molar-refractivity contribution is -0.137. The summed E-state index contributed by atoms with van der Waals surface area (Å²) in [6.07, 6.45) is 4.51. The number of carbonyl (C=O) groups is 1. The van der Waals surface area contributed by atoms with E-state index in [4.69, 9.17) is 9.47 Å². The molecule has 0 saturated carbocycles. The van der Waals surface area contributed by atoms with Crippen LogP contribution in [0, 0.1) is 5.92 Å². The van der Waals surface area contributed by atoms with Crippen LogP contribution in [-0.2, 0) is 14.3 Å². The fraction of sp³-hybridized carbons (Fsp3) is 0.615. The minimum absolute atomic E-state index is 0.0156. The normalized spacial score (nSPS) is 14.5. The minimum atomic E-state index is -0.523. The van der Waals surface area contributed by atoms with E-state index in [1.54, 1.807) is 19.1 Å². The van der Waals surface area contributed by atoms with Gasteiger partial charge in [0.25, 0.3) is 0 Å². The van der Waals surface area contributed by atoms with Crippen LogP contribution in [0.3, 0.4) is 0 Å². The molecule has 0 amide bonds. The highest BCUT2D eigenvalue weighted by Gasteiger charge is 2.12. The van der Waals surface area contributed by atoms with Crippen molar-refractivity contribution in [2.75, 3.05) is 19.8 Å². The monoisotopic (exact) mass is 242 g/mol. The number of rotatable bonds is 9. The van der Waals surface area contributed by atoms with Gasteiger partial charge in [-0.1, -0.05) is 19.1 Å². The van der Waals surface area contributed by atoms with Gasteiger partial charge in [0.2, 0.25) is 0 Å². The molecule has 2 atom stereocenters. The topological polar surface area (TPSA) is 55.8 Å².